The average molecular weight is 309 g/mol. The van der Waals surface area contributed by atoms with Gasteiger partial charge < -0.3 is 5.73 Å². The molecule has 0 saturated carbocycles. The van der Waals surface area contributed by atoms with E-state index in [1.54, 1.807) is 18.2 Å². The van der Waals surface area contributed by atoms with E-state index in [0.717, 1.165) is 13.0 Å². The molecule has 0 spiro atoms. The van der Waals surface area contributed by atoms with E-state index < -0.39 is 9.84 Å². The van der Waals surface area contributed by atoms with Crippen LogP contribution in [0.5, 0.6) is 0 Å². The second-order valence-electron chi connectivity index (χ2n) is 5.95. The highest BCUT2D eigenvalue weighted by Crippen LogP contribution is 2.22. The third kappa shape index (κ3) is 3.83. The predicted molar refractivity (Wildman–Crippen MR) is 84.3 cm³/mol. The lowest BCUT2D eigenvalue weighted by molar-refractivity contribution is 0.281. The molecule has 0 bridgehead atoms. The van der Waals surface area contributed by atoms with Crippen LogP contribution >= 0.6 is 0 Å². The van der Waals surface area contributed by atoms with Gasteiger partial charge in [-0.1, -0.05) is 19.1 Å². The van der Waals surface area contributed by atoms with E-state index in [-0.39, 0.29) is 16.5 Å². The van der Waals surface area contributed by atoms with Crippen molar-refractivity contribution in [2.75, 3.05) is 18.8 Å². The minimum atomic E-state index is -3.34. The summed E-state index contributed by atoms with van der Waals surface area (Å²) in [5, 5.41) is 7.40. The molecule has 116 valence electrons. The smallest absolute Gasteiger partial charge is 0.179 e. The molecule has 3 N–H and O–H groups in total. The molecule has 1 aromatic carbocycles. The molecule has 1 saturated heterocycles. The Balaban J connectivity index is 2.08. The molecule has 1 aliphatic heterocycles. The van der Waals surface area contributed by atoms with Crippen molar-refractivity contribution in [2.45, 2.75) is 31.2 Å². The van der Waals surface area contributed by atoms with E-state index in [4.69, 9.17) is 11.1 Å². The fourth-order valence-electron chi connectivity index (χ4n) is 2.91. The van der Waals surface area contributed by atoms with Gasteiger partial charge in [0.05, 0.1) is 10.6 Å². The molecule has 0 aromatic heterocycles. The zero-order valence-electron chi connectivity index (χ0n) is 12.5. The lowest BCUT2D eigenvalue weighted by Crippen LogP contribution is -2.32. The highest BCUT2D eigenvalue weighted by molar-refractivity contribution is 7.91. The van der Waals surface area contributed by atoms with Gasteiger partial charge in [-0.2, -0.15) is 0 Å². The van der Waals surface area contributed by atoms with Crippen LogP contribution in [0.25, 0.3) is 0 Å². The van der Waals surface area contributed by atoms with Gasteiger partial charge in [-0.05, 0) is 31.4 Å². The Labute approximate surface area is 126 Å². The third-order valence-corrected chi connectivity index (χ3v) is 5.76. The van der Waals surface area contributed by atoms with E-state index in [2.05, 4.69) is 18.7 Å². The first kappa shape index (κ1) is 16.0. The summed E-state index contributed by atoms with van der Waals surface area (Å²) in [6.07, 6.45) is 1.12. The number of nitrogens with zero attached hydrogens (tertiary/aromatic N) is 1. The number of nitrogens with two attached hydrogens (primary N) is 1. The van der Waals surface area contributed by atoms with Crippen LogP contribution in [-0.2, 0) is 9.84 Å². The van der Waals surface area contributed by atoms with Crippen LogP contribution < -0.4 is 5.73 Å². The standard InChI is InChI=1S/C15H23N3O2S/c1-11-8-12(2)18(10-11)6-7-21(19,20)14-5-3-4-13(9-14)15(16)17/h3-5,9,11-12H,6-8,10H2,1-2H3,(H3,16,17). The maximum absolute atomic E-state index is 12.4. The Bertz CT molecular complexity index is 628. The fourth-order valence-corrected chi connectivity index (χ4v) is 4.21. The quantitative estimate of drug-likeness (QED) is 0.637. The van der Waals surface area contributed by atoms with Crippen LogP contribution in [0.1, 0.15) is 25.8 Å². The predicted octanol–water partition coefficient (Wildman–Crippen LogP) is 1.47. The maximum atomic E-state index is 12.4. The topological polar surface area (TPSA) is 87.2 Å². The van der Waals surface area contributed by atoms with Crippen molar-refractivity contribution >= 4 is 15.7 Å². The van der Waals surface area contributed by atoms with E-state index in [0.29, 0.717) is 24.1 Å². The van der Waals surface area contributed by atoms with Crippen LogP contribution in [0.15, 0.2) is 29.2 Å². The van der Waals surface area contributed by atoms with Crippen LogP contribution in [0.2, 0.25) is 0 Å². The first-order valence-electron chi connectivity index (χ1n) is 7.21. The number of nitrogens with one attached hydrogen (secondary N) is 1. The van der Waals surface area contributed by atoms with Gasteiger partial charge in [0.2, 0.25) is 0 Å². The largest absolute Gasteiger partial charge is 0.384 e. The molecule has 0 radical (unpaired) electrons. The number of likely N-dealkylation sites (tertiary alicyclic amines) is 1. The Kier molecular flexibility index (Phi) is 4.68. The Morgan fingerprint density at radius 3 is 2.71 bits per heavy atom. The van der Waals surface area contributed by atoms with E-state index in [1.807, 2.05) is 0 Å². The summed E-state index contributed by atoms with van der Waals surface area (Å²) in [5.41, 5.74) is 5.86. The van der Waals surface area contributed by atoms with Gasteiger partial charge >= 0.3 is 0 Å². The number of hydrogen-bond acceptors (Lipinski definition) is 4. The van der Waals surface area contributed by atoms with Crippen LogP contribution in [0, 0.1) is 11.3 Å². The van der Waals surface area contributed by atoms with E-state index >= 15 is 0 Å². The van der Waals surface area contributed by atoms with Gasteiger partial charge in [0.1, 0.15) is 5.84 Å². The number of nitrogen functional groups attached to an aromatic ring is 1. The molecule has 2 unspecified atom stereocenters. The summed E-state index contributed by atoms with van der Waals surface area (Å²) < 4.78 is 24.8. The van der Waals surface area contributed by atoms with Crippen molar-refractivity contribution in [3.63, 3.8) is 0 Å². The molecule has 2 atom stereocenters. The van der Waals surface area contributed by atoms with Crippen LogP contribution in [-0.4, -0.2) is 44.0 Å². The molecule has 5 nitrogen and oxygen atoms in total. The van der Waals surface area contributed by atoms with Crippen LogP contribution in [0.3, 0.4) is 0 Å². The molecular weight excluding hydrogens is 286 g/mol. The van der Waals surface area contributed by atoms with Gasteiger partial charge in [-0.15, -0.1) is 0 Å². The highest BCUT2D eigenvalue weighted by Gasteiger charge is 2.27. The normalized spacial score (nSPS) is 23.3. The zero-order valence-corrected chi connectivity index (χ0v) is 13.4. The van der Waals surface area contributed by atoms with E-state index in [9.17, 15) is 8.42 Å². The summed E-state index contributed by atoms with van der Waals surface area (Å²) in [4.78, 5) is 2.48. The fraction of sp³-hybridized carbons (Fsp3) is 0.533. The maximum Gasteiger partial charge on any atom is 0.179 e. The molecule has 1 heterocycles. The average Bonchev–Trinajstić information content (AvgIpc) is 2.75. The number of hydrogen-bond donors (Lipinski definition) is 2. The number of sulfone groups is 1. The van der Waals surface area contributed by atoms with Crippen molar-refractivity contribution in [1.82, 2.24) is 4.90 Å². The Morgan fingerprint density at radius 2 is 2.14 bits per heavy atom. The number of benzene rings is 1. The second-order valence-corrected chi connectivity index (χ2v) is 8.05. The van der Waals surface area contributed by atoms with E-state index in [1.165, 1.54) is 6.07 Å². The molecule has 0 aliphatic carbocycles. The van der Waals surface area contributed by atoms with Crippen molar-refractivity contribution in [2.24, 2.45) is 11.7 Å². The van der Waals surface area contributed by atoms with Crippen molar-refractivity contribution in [3.8, 4) is 0 Å². The summed E-state index contributed by atoms with van der Waals surface area (Å²) >= 11 is 0. The molecule has 6 heteroatoms. The summed E-state index contributed by atoms with van der Waals surface area (Å²) in [7, 11) is -3.34. The molecule has 1 fully saturated rings. The summed E-state index contributed by atoms with van der Waals surface area (Å²) in [6.45, 7) is 5.86. The SMILES string of the molecule is CC1CC(C)N(CCS(=O)(=O)c2cccc(C(=N)N)c2)C1. The lowest BCUT2D eigenvalue weighted by atomic mass is 10.1. The number of rotatable bonds is 5. The van der Waals surface area contributed by atoms with Crippen LogP contribution in [0.4, 0.5) is 0 Å². The second kappa shape index (κ2) is 6.15. The third-order valence-electron chi connectivity index (χ3n) is 4.06. The lowest BCUT2D eigenvalue weighted by Gasteiger charge is -2.20. The Morgan fingerprint density at radius 1 is 1.43 bits per heavy atom. The van der Waals surface area contributed by atoms with Gasteiger partial charge in [0.15, 0.2) is 9.84 Å². The van der Waals surface area contributed by atoms with Gasteiger partial charge in [-0.25, -0.2) is 8.42 Å². The minimum absolute atomic E-state index is 0.103. The molecule has 1 aliphatic rings. The molecule has 0 amide bonds. The summed E-state index contributed by atoms with van der Waals surface area (Å²) in [6, 6.07) is 6.76. The first-order chi connectivity index (χ1) is 9.79. The van der Waals surface area contributed by atoms with Gasteiger partial charge in [0, 0.05) is 24.7 Å². The molecule has 1 aromatic rings. The van der Waals surface area contributed by atoms with Gasteiger partial charge in [0.25, 0.3) is 0 Å². The minimum Gasteiger partial charge on any atom is -0.384 e. The van der Waals surface area contributed by atoms with Crippen molar-refractivity contribution < 1.29 is 8.42 Å². The van der Waals surface area contributed by atoms with Gasteiger partial charge in [-0.3, -0.25) is 10.3 Å². The Hall–Kier alpha value is -1.40. The highest BCUT2D eigenvalue weighted by atomic mass is 32.2. The monoisotopic (exact) mass is 309 g/mol. The van der Waals surface area contributed by atoms with Crippen molar-refractivity contribution in [3.05, 3.63) is 29.8 Å². The molecular formula is C15H23N3O2S. The number of amidine groups is 1. The van der Waals surface area contributed by atoms with Crippen molar-refractivity contribution in [1.29, 1.82) is 5.41 Å². The molecule has 2 rings (SSSR count). The zero-order chi connectivity index (χ0) is 15.6. The first-order valence-corrected chi connectivity index (χ1v) is 8.86. The summed E-state index contributed by atoms with van der Waals surface area (Å²) in [5.74, 6) is 0.614. The molecule has 21 heavy (non-hydrogen) atoms.